The van der Waals surface area contributed by atoms with E-state index in [9.17, 15) is 0 Å². The smallest absolute Gasteiger partial charge is 0.174 e. The van der Waals surface area contributed by atoms with Crippen molar-refractivity contribution in [3.8, 4) is 66.9 Å². The van der Waals surface area contributed by atoms with Gasteiger partial charge in [-0.2, -0.15) is 0 Å². The number of nitrogens with zero attached hydrogens (tertiary/aromatic N) is 3. The SMILES string of the molecule is C1=CC(c2ccc(-c3ccc(-c4nc(-c5ccc(-c6ccccc6)cc5)nc(-c5cc6ccccc6s5)n4)cc3)c(-c3ccccc3)c2C2=CCCC=C2)=CCC1. The number of aromatic nitrogens is 3. The highest BCUT2D eigenvalue weighted by Crippen LogP contribution is 2.44. The summed E-state index contributed by atoms with van der Waals surface area (Å²) in [6.45, 7) is 0. The molecule has 2 aromatic heterocycles. The van der Waals surface area contributed by atoms with Gasteiger partial charge in [0.15, 0.2) is 17.5 Å². The molecule has 10 rings (SSSR count). The molecule has 0 amide bonds. The van der Waals surface area contributed by atoms with Gasteiger partial charge in [0.05, 0.1) is 4.88 Å². The Morgan fingerprint density at radius 2 is 0.912 bits per heavy atom. The maximum atomic E-state index is 5.13. The normalized spacial score (nSPS) is 13.8. The molecule has 0 N–H and O–H groups in total. The van der Waals surface area contributed by atoms with Crippen molar-refractivity contribution in [2.75, 3.05) is 0 Å². The highest BCUT2D eigenvalue weighted by molar-refractivity contribution is 7.22. The quantitative estimate of drug-likeness (QED) is 0.155. The van der Waals surface area contributed by atoms with E-state index in [0.29, 0.717) is 17.5 Å². The highest BCUT2D eigenvalue weighted by Gasteiger charge is 2.22. The molecule has 0 unspecified atom stereocenters. The Morgan fingerprint density at radius 1 is 0.386 bits per heavy atom. The van der Waals surface area contributed by atoms with Crippen LogP contribution in [0.2, 0.25) is 0 Å². The van der Waals surface area contributed by atoms with Crippen molar-refractivity contribution in [2.24, 2.45) is 0 Å². The molecule has 6 aromatic carbocycles. The van der Waals surface area contributed by atoms with Crippen molar-refractivity contribution in [1.29, 1.82) is 0 Å². The average molecular weight is 750 g/mol. The van der Waals surface area contributed by atoms with Crippen LogP contribution in [0, 0.1) is 0 Å². The monoisotopic (exact) mass is 749 g/mol. The van der Waals surface area contributed by atoms with Crippen molar-refractivity contribution < 1.29 is 0 Å². The maximum absolute atomic E-state index is 5.13. The van der Waals surface area contributed by atoms with E-state index in [1.54, 1.807) is 11.3 Å². The lowest BCUT2D eigenvalue weighted by Crippen LogP contribution is -2.01. The van der Waals surface area contributed by atoms with E-state index in [4.69, 9.17) is 15.0 Å². The minimum atomic E-state index is 0.652. The lowest BCUT2D eigenvalue weighted by Gasteiger charge is -2.23. The van der Waals surface area contributed by atoms with Gasteiger partial charge in [0.25, 0.3) is 0 Å². The molecule has 272 valence electrons. The van der Waals surface area contributed by atoms with Crippen LogP contribution in [0.1, 0.15) is 36.8 Å². The first-order valence-electron chi connectivity index (χ1n) is 19.7. The fraction of sp³-hybridized carbons (Fsp3) is 0.0755. The highest BCUT2D eigenvalue weighted by atomic mass is 32.1. The van der Waals surface area contributed by atoms with E-state index in [1.807, 2.05) is 6.07 Å². The first-order valence-corrected chi connectivity index (χ1v) is 20.6. The maximum Gasteiger partial charge on any atom is 0.174 e. The van der Waals surface area contributed by atoms with Gasteiger partial charge in [-0.15, -0.1) is 11.3 Å². The molecule has 0 saturated carbocycles. The Morgan fingerprint density at radius 3 is 1.54 bits per heavy atom. The number of benzene rings is 6. The number of hydrogen-bond donors (Lipinski definition) is 0. The molecule has 57 heavy (non-hydrogen) atoms. The first-order chi connectivity index (χ1) is 28.2. The van der Waals surface area contributed by atoms with Gasteiger partial charge < -0.3 is 0 Å². The molecular weight excluding hydrogens is 711 g/mol. The predicted octanol–water partition coefficient (Wildman–Crippen LogP) is 14.6. The van der Waals surface area contributed by atoms with E-state index < -0.39 is 0 Å². The Balaban J connectivity index is 1.09. The fourth-order valence-electron chi connectivity index (χ4n) is 7.98. The Kier molecular flexibility index (Phi) is 9.39. The lowest BCUT2D eigenvalue weighted by atomic mass is 9.80. The summed E-state index contributed by atoms with van der Waals surface area (Å²) in [5, 5.41) is 1.19. The Bertz CT molecular complexity index is 2830. The molecule has 0 aliphatic heterocycles. The standard InChI is InChI=1S/C53H39N3S/c1-5-15-36(16-6-1)37-25-29-42(30-26-37)51-54-52(56-53(55-51)48-35-44-23-13-14-24-47(44)57-48)43-31-27-39(28-32-43)46-34-33-45(38-17-7-2-8-18-38)49(40-19-9-3-10-20-40)50(46)41-21-11-4-12-22-41/h1,4-7,9,11-35H,2-3,8,10H2. The Hall–Kier alpha value is -6.75. The number of fused-ring (bicyclic) bond motifs is 1. The van der Waals surface area contributed by atoms with Crippen molar-refractivity contribution in [3.63, 3.8) is 0 Å². The zero-order valence-electron chi connectivity index (χ0n) is 31.5. The number of rotatable bonds is 8. The van der Waals surface area contributed by atoms with Gasteiger partial charge in [-0.25, -0.2) is 15.0 Å². The molecule has 0 atom stereocenters. The average Bonchev–Trinajstić information content (AvgIpc) is 3.75. The minimum absolute atomic E-state index is 0.652. The van der Waals surface area contributed by atoms with E-state index in [2.05, 4.69) is 182 Å². The third kappa shape index (κ3) is 7.01. The van der Waals surface area contributed by atoms with Crippen LogP contribution in [0.5, 0.6) is 0 Å². The number of hydrogen-bond acceptors (Lipinski definition) is 4. The summed E-state index contributed by atoms with van der Waals surface area (Å²) in [6, 6.07) is 53.9. The zero-order chi connectivity index (χ0) is 38.0. The molecule has 8 aromatic rings. The van der Waals surface area contributed by atoms with Crippen molar-refractivity contribution in [2.45, 2.75) is 25.7 Å². The molecule has 3 nitrogen and oxygen atoms in total. The summed E-state index contributed by atoms with van der Waals surface area (Å²) in [6.07, 6.45) is 18.3. The van der Waals surface area contributed by atoms with Crippen LogP contribution < -0.4 is 0 Å². The minimum Gasteiger partial charge on any atom is -0.208 e. The van der Waals surface area contributed by atoms with E-state index >= 15 is 0 Å². The molecule has 2 aliphatic carbocycles. The molecule has 2 aliphatic rings. The predicted molar refractivity (Wildman–Crippen MR) is 241 cm³/mol. The molecule has 0 saturated heterocycles. The molecule has 0 spiro atoms. The molecule has 0 fully saturated rings. The van der Waals surface area contributed by atoms with E-state index in [1.165, 1.54) is 54.6 Å². The van der Waals surface area contributed by atoms with E-state index in [0.717, 1.165) is 52.8 Å². The van der Waals surface area contributed by atoms with Crippen molar-refractivity contribution >= 4 is 32.6 Å². The first kappa shape index (κ1) is 34.7. The zero-order valence-corrected chi connectivity index (χ0v) is 32.3. The number of thiophene rings is 1. The van der Waals surface area contributed by atoms with Gasteiger partial charge in [0, 0.05) is 15.8 Å². The van der Waals surface area contributed by atoms with Gasteiger partial charge >= 0.3 is 0 Å². The van der Waals surface area contributed by atoms with Crippen molar-refractivity contribution in [3.05, 3.63) is 199 Å². The van der Waals surface area contributed by atoms with Gasteiger partial charge in [0.2, 0.25) is 0 Å². The van der Waals surface area contributed by atoms with Gasteiger partial charge in [-0.05, 0) is 98.9 Å². The topological polar surface area (TPSA) is 38.7 Å². The summed E-state index contributed by atoms with van der Waals surface area (Å²) in [7, 11) is 0. The molecule has 2 heterocycles. The number of allylic oxidation sites excluding steroid dienone is 8. The third-order valence-electron chi connectivity index (χ3n) is 10.8. The second-order valence-corrected chi connectivity index (χ2v) is 15.6. The largest absolute Gasteiger partial charge is 0.208 e. The summed E-state index contributed by atoms with van der Waals surface area (Å²) >= 11 is 1.71. The molecule has 4 heteroatoms. The third-order valence-corrected chi connectivity index (χ3v) is 12.0. The fourth-order valence-corrected chi connectivity index (χ4v) is 8.97. The van der Waals surface area contributed by atoms with Crippen LogP contribution in [0.25, 0.3) is 88.1 Å². The molecule has 0 bridgehead atoms. The molecule has 0 radical (unpaired) electrons. The van der Waals surface area contributed by atoms with Crippen LogP contribution in [0.15, 0.2) is 188 Å². The summed E-state index contributed by atoms with van der Waals surface area (Å²) in [4.78, 5) is 16.3. The second kappa shape index (κ2) is 15.4. The lowest BCUT2D eigenvalue weighted by molar-refractivity contribution is 1.04. The van der Waals surface area contributed by atoms with Gasteiger partial charge in [-0.3, -0.25) is 0 Å². The van der Waals surface area contributed by atoms with Crippen LogP contribution in [0.3, 0.4) is 0 Å². The van der Waals surface area contributed by atoms with Gasteiger partial charge in [-0.1, -0.05) is 176 Å². The van der Waals surface area contributed by atoms with Crippen LogP contribution in [-0.2, 0) is 0 Å². The van der Waals surface area contributed by atoms with Crippen LogP contribution in [0.4, 0.5) is 0 Å². The van der Waals surface area contributed by atoms with Crippen molar-refractivity contribution in [1.82, 2.24) is 15.0 Å². The molecular formula is C53H39N3S. The van der Waals surface area contributed by atoms with Crippen LogP contribution in [-0.4, -0.2) is 15.0 Å². The summed E-state index contributed by atoms with van der Waals surface area (Å²) in [5.41, 5.74) is 14.2. The second-order valence-electron chi connectivity index (χ2n) is 14.5. The summed E-state index contributed by atoms with van der Waals surface area (Å²) in [5.74, 6) is 1.99. The Labute approximate surface area is 337 Å². The summed E-state index contributed by atoms with van der Waals surface area (Å²) < 4.78 is 1.21. The van der Waals surface area contributed by atoms with Gasteiger partial charge in [0.1, 0.15) is 0 Å². The van der Waals surface area contributed by atoms with Crippen LogP contribution >= 0.6 is 11.3 Å². The van der Waals surface area contributed by atoms with E-state index in [-0.39, 0.29) is 0 Å².